The average Bonchev–Trinajstić information content (AvgIpc) is 2.52. The number of phenols is 2. The molecule has 0 fully saturated rings. The van der Waals surface area contributed by atoms with E-state index in [-0.39, 0.29) is 22.6 Å². The Labute approximate surface area is 166 Å². The number of carboxylic acid groups (broad SMARTS) is 2. The predicted octanol–water partition coefficient (Wildman–Crippen LogP) is 3.11. The summed E-state index contributed by atoms with van der Waals surface area (Å²) < 4.78 is 5.01. The van der Waals surface area contributed by atoms with Gasteiger partial charge in [-0.25, -0.2) is 14.4 Å². The van der Waals surface area contributed by atoms with E-state index in [0.29, 0.717) is 5.69 Å². The molecule has 0 aromatic heterocycles. The van der Waals surface area contributed by atoms with Gasteiger partial charge in [-0.1, -0.05) is 0 Å². The number of ether oxygens (including phenoxy) is 1. The summed E-state index contributed by atoms with van der Waals surface area (Å²) in [6.07, 6.45) is -0.676. The van der Waals surface area contributed by atoms with Gasteiger partial charge in [0.1, 0.15) is 28.2 Å². The van der Waals surface area contributed by atoms with Gasteiger partial charge in [0.05, 0.1) is 0 Å². The highest BCUT2D eigenvalue weighted by Gasteiger charge is 2.17. The molecule has 2 aromatic rings. The molecule has 10 nitrogen and oxygen atoms in total. The van der Waals surface area contributed by atoms with Crippen molar-refractivity contribution in [3.05, 3.63) is 47.5 Å². The van der Waals surface area contributed by atoms with Gasteiger partial charge in [-0.3, -0.25) is 5.32 Å². The Morgan fingerprint density at radius 1 is 0.897 bits per heavy atom. The van der Waals surface area contributed by atoms with Crippen molar-refractivity contribution in [1.29, 1.82) is 0 Å². The minimum absolute atomic E-state index is 0.140. The Morgan fingerprint density at radius 3 is 1.79 bits per heavy atom. The van der Waals surface area contributed by atoms with Gasteiger partial charge in [0.2, 0.25) is 0 Å². The maximum absolute atomic E-state index is 11.4. The fraction of sp³-hybridized carbons (Fsp3) is 0.211. The zero-order chi connectivity index (χ0) is 22.4. The first kappa shape index (κ1) is 23.1. The third kappa shape index (κ3) is 7.67. The van der Waals surface area contributed by atoms with Crippen molar-refractivity contribution in [3.63, 3.8) is 0 Å². The van der Waals surface area contributed by atoms with Gasteiger partial charge < -0.3 is 30.9 Å². The summed E-state index contributed by atoms with van der Waals surface area (Å²) in [5.41, 5.74) is 4.87. The number of hydrogen-bond acceptors (Lipinski definition) is 7. The fourth-order valence-electron chi connectivity index (χ4n) is 1.94. The zero-order valence-corrected chi connectivity index (χ0v) is 16.0. The van der Waals surface area contributed by atoms with Gasteiger partial charge in [0.15, 0.2) is 0 Å². The predicted molar refractivity (Wildman–Crippen MR) is 104 cm³/mol. The second-order valence-electron chi connectivity index (χ2n) is 6.75. The molecule has 0 spiro atoms. The highest BCUT2D eigenvalue weighted by molar-refractivity contribution is 5.93. The molecule has 0 heterocycles. The van der Waals surface area contributed by atoms with E-state index in [2.05, 4.69) is 5.32 Å². The molecule has 0 aliphatic heterocycles. The normalized spacial score (nSPS) is 10.3. The number of anilines is 2. The summed E-state index contributed by atoms with van der Waals surface area (Å²) in [5.74, 6) is -3.13. The van der Waals surface area contributed by atoms with Crippen LogP contribution < -0.4 is 11.1 Å². The van der Waals surface area contributed by atoms with Crippen LogP contribution >= 0.6 is 0 Å². The summed E-state index contributed by atoms with van der Waals surface area (Å²) in [6.45, 7) is 5.16. The van der Waals surface area contributed by atoms with Crippen LogP contribution in [0.1, 0.15) is 41.5 Å². The maximum atomic E-state index is 11.4. The Kier molecular flexibility index (Phi) is 7.41. The van der Waals surface area contributed by atoms with Crippen molar-refractivity contribution in [3.8, 4) is 11.5 Å². The van der Waals surface area contributed by atoms with Gasteiger partial charge in [-0.2, -0.15) is 0 Å². The van der Waals surface area contributed by atoms with Crippen LogP contribution in [0.25, 0.3) is 0 Å². The highest BCUT2D eigenvalue weighted by Crippen LogP contribution is 2.22. The lowest BCUT2D eigenvalue weighted by molar-refractivity contribution is 0.0633. The highest BCUT2D eigenvalue weighted by atomic mass is 16.6. The number of nitrogens with two attached hydrogens (primary N) is 1. The van der Waals surface area contributed by atoms with E-state index >= 15 is 0 Å². The molecule has 10 heteroatoms. The van der Waals surface area contributed by atoms with E-state index in [0.717, 1.165) is 6.07 Å². The lowest BCUT2D eigenvalue weighted by atomic mass is 10.2. The number of carbonyl (C=O) groups excluding carboxylic acids is 1. The van der Waals surface area contributed by atoms with Gasteiger partial charge in [-0.15, -0.1) is 0 Å². The Balaban J connectivity index is 0.000000326. The summed E-state index contributed by atoms with van der Waals surface area (Å²) in [7, 11) is 0. The van der Waals surface area contributed by atoms with Crippen LogP contribution in [0.4, 0.5) is 16.2 Å². The van der Waals surface area contributed by atoms with Crippen molar-refractivity contribution in [2.24, 2.45) is 0 Å². The van der Waals surface area contributed by atoms with Gasteiger partial charge in [0.25, 0.3) is 0 Å². The third-order valence-corrected chi connectivity index (χ3v) is 3.13. The van der Waals surface area contributed by atoms with Crippen molar-refractivity contribution in [1.82, 2.24) is 0 Å². The quantitative estimate of drug-likeness (QED) is 0.417. The van der Waals surface area contributed by atoms with E-state index in [1.165, 1.54) is 30.3 Å². The molecule has 0 bridgehead atoms. The van der Waals surface area contributed by atoms with Crippen LogP contribution in [-0.2, 0) is 4.74 Å². The fourth-order valence-corrected chi connectivity index (χ4v) is 1.94. The number of benzene rings is 2. The second-order valence-corrected chi connectivity index (χ2v) is 6.75. The Morgan fingerprint density at radius 2 is 1.38 bits per heavy atom. The SMILES string of the molecule is CC(C)(C)OC(=O)Nc1ccc(C(=O)O)c(O)c1.Nc1ccc(C(=O)O)c(O)c1. The molecule has 2 aromatic carbocycles. The van der Waals surface area contributed by atoms with Crippen molar-refractivity contribution >= 4 is 29.4 Å². The lowest BCUT2D eigenvalue weighted by Gasteiger charge is -2.19. The van der Waals surface area contributed by atoms with E-state index in [1.807, 2.05) is 0 Å². The van der Waals surface area contributed by atoms with Crippen LogP contribution in [0.3, 0.4) is 0 Å². The minimum Gasteiger partial charge on any atom is -0.507 e. The number of rotatable bonds is 3. The Bertz CT molecular complexity index is 919. The van der Waals surface area contributed by atoms with E-state index < -0.39 is 29.4 Å². The number of nitrogens with one attached hydrogen (secondary N) is 1. The molecule has 0 unspecified atom stereocenters. The van der Waals surface area contributed by atoms with E-state index in [1.54, 1.807) is 20.8 Å². The van der Waals surface area contributed by atoms with E-state index in [4.69, 9.17) is 25.8 Å². The Hall–Kier alpha value is -3.95. The molecule has 1 amide bonds. The van der Waals surface area contributed by atoms with Gasteiger partial charge in [-0.05, 0) is 45.0 Å². The smallest absolute Gasteiger partial charge is 0.412 e. The number of nitrogen functional groups attached to an aromatic ring is 1. The monoisotopic (exact) mass is 406 g/mol. The lowest BCUT2D eigenvalue weighted by Crippen LogP contribution is -2.27. The number of aromatic hydroxyl groups is 2. The molecular formula is C19H22N2O8. The van der Waals surface area contributed by atoms with Gasteiger partial charge >= 0.3 is 18.0 Å². The molecule has 0 saturated carbocycles. The molecule has 156 valence electrons. The minimum atomic E-state index is -1.24. The molecule has 2 rings (SSSR count). The third-order valence-electron chi connectivity index (χ3n) is 3.13. The topological polar surface area (TPSA) is 179 Å². The molecule has 0 aliphatic carbocycles. The first-order chi connectivity index (χ1) is 13.3. The molecule has 0 saturated heterocycles. The standard InChI is InChI=1S/C12H15NO5.C7H7NO3/c1-12(2,3)18-11(17)13-7-4-5-8(10(15)16)9(14)6-7;8-4-1-2-5(7(10)11)6(9)3-4/h4-6,14H,1-3H3,(H,13,17)(H,15,16);1-3,9H,8H2,(H,10,11). The van der Waals surface area contributed by atoms with Gasteiger partial charge in [0, 0.05) is 23.5 Å². The number of carbonyl (C=O) groups is 3. The number of aromatic carboxylic acids is 2. The van der Waals surface area contributed by atoms with Crippen LogP contribution in [0.5, 0.6) is 11.5 Å². The van der Waals surface area contributed by atoms with Crippen molar-refractivity contribution < 1.29 is 39.5 Å². The average molecular weight is 406 g/mol. The van der Waals surface area contributed by atoms with E-state index in [9.17, 15) is 19.5 Å². The number of hydrogen-bond donors (Lipinski definition) is 6. The molecule has 0 radical (unpaired) electrons. The second kappa shape index (κ2) is 9.31. The largest absolute Gasteiger partial charge is 0.507 e. The first-order valence-electron chi connectivity index (χ1n) is 8.18. The summed E-state index contributed by atoms with van der Waals surface area (Å²) in [4.78, 5) is 32.4. The first-order valence-corrected chi connectivity index (χ1v) is 8.18. The summed E-state index contributed by atoms with van der Waals surface area (Å²) in [6, 6.07) is 7.59. The molecule has 0 atom stereocenters. The summed E-state index contributed by atoms with van der Waals surface area (Å²) >= 11 is 0. The van der Waals surface area contributed by atoms with Crippen LogP contribution in [0.2, 0.25) is 0 Å². The number of amides is 1. The molecule has 29 heavy (non-hydrogen) atoms. The molecular weight excluding hydrogens is 384 g/mol. The number of carboxylic acids is 2. The van der Waals surface area contributed by atoms with Crippen molar-refractivity contribution in [2.45, 2.75) is 26.4 Å². The summed E-state index contributed by atoms with van der Waals surface area (Å²) in [5, 5.41) is 38.0. The van der Waals surface area contributed by atoms with Crippen LogP contribution in [0, 0.1) is 0 Å². The maximum Gasteiger partial charge on any atom is 0.412 e. The zero-order valence-electron chi connectivity index (χ0n) is 16.0. The van der Waals surface area contributed by atoms with Crippen LogP contribution in [0.15, 0.2) is 36.4 Å². The molecule has 7 N–H and O–H groups in total. The molecule has 0 aliphatic rings. The van der Waals surface area contributed by atoms with Crippen molar-refractivity contribution in [2.75, 3.05) is 11.1 Å². The van der Waals surface area contributed by atoms with Crippen LogP contribution in [-0.4, -0.2) is 44.1 Å².